The maximum atomic E-state index is 12.9. The highest BCUT2D eigenvalue weighted by Gasteiger charge is 2.22. The summed E-state index contributed by atoms with van der Waals surface area (Å²) in [4.78, 5) is 24.1. The Hall–Kier alpha value is -1.76. The van der Waals surface area contributed by atoms with Gasteiger partial charge in [-0.25, -0.2) is 4.98 Å². The third kappa shape index (κ3) is 5.68. The predicted molar refractivity (Wildman–Crippen MR) is 125 cm³/mol. The number of hydrogen-bond acceptors (Lipinski definition) is 5. The molecule has 2 aromatic rings. The van der Waals surface area contributed by atoms with Crippen molar-refractivity contribution >= 4 is 35.0 Å². The van der Waals surface area contributed by atoms with Gasteiger partial charge in [0.05, 0.1) is 10.6 Å². The minimum Gasteiger partial charge on any atom is -0.368 e. The van der Waals surface area contributed by atoms with Gasteiger partial charge in [-0.3, -0.25) is 4.79 Å². The minimum absolute atomic E-state index is 0.0723. The number of amides is 1. The van der Waals surface area contributed by atoms with Crippen LogP contribution in [0.5, 0.6) is 0 Å². The highest BCUT2D eigenvalue weighted by atomic mass is 35.5. The Morgan fingerprint density at radius 1 is 0.933 bits per heavy atom. The van der Waals surface area contributed by atoms with Gasteiger partial charge in [-0.15, -0.1) is 11.8 Å². The van der Waals surface area contributed by atoms with Gasteiger partial charge in [-0.2, -0.15) is 0 Å². The molecular weight excluding hydrogens is 416 g/mol. The van der Waals surface area contributed by atoms with E-state index in [0.29, 0.717) is 18.7 Å². The second kappa shape index (κ2) is 10.5. The summed E-state index contributed by atoms with van der Waals surface area (Å²) in [5.41, 5.74) is 1.83. The number of anilines is 1. The van der Waals surface area contributed by atoms with Crippen molar-refractivity contribution in [1.82, 2.24) is 14.8 Å². The summed E-state index contributed by atoms with van der Waals surface area (Å²) in [6.07, 6.45) is 5.76. The van der Waals surface area contributed by atoms with E-state index in [9.17, 15) is 4.79 Å². The number of aromatic nitrogens is 1. The lowest BCUT2D eigenvalue weighted by molar-refractivity contribution is 0.0746. The van der Waals surface area contributed by atoms with Gasteiger partial charge in [0, 0.05) is 55.4 Å². The Labute approximate surface area is 188 Å². The standard InChI is InChI=1S/C23H29ClN4OS/c24-20-5-7-21(8-6-20)27-12-14-28(15-13-27)23(29)19-4-9-22(25-18-19)30-17-16-26-10-2-1-3-11-26/h4-9,18H,1-3,10-17H2. The van der Waals surface area contributed by atoms with E-state index in [-0.39, 0.29) is 5.91 Å². The summed E-state index contributed by atoms with van der Waals surface area (Å²) >= 11 is 7.75. The summed E-state index contributed by atoms with van der Waals surface area (Å²) in [6.45, 7) is 6.66. The summed E-state index contributed by atoms with van der Waals surface area (Å²) < 4.78 is 0. The van der Waals surface area contributed by atoms with Gasteiger partial charge in [0.25, 0.3) is 5.91 Å². The Morgan fingerprint density at radius 2 is 1.67 bits per heavy atom. The zero-order valence-corrected chi connectivity index (χ0v) is 18.9. The fourth-order valence-electron chi connectivity index (χ4n) is 4.06. The topological polar surface area (TPSA) is 39.7 Å². The minimum atomic E-state index is 0.0723. The smallest absolute Gasteiger partial charge is 0.255 e. The maximum Gasteiger partial charge on any atom is 0.255 e. The van der Waals surface area contributed by atoms with Crippen LogP contribution in [0.4, 0.5) is 5.69 Å². The van der Waals surface area contributed by atoms with Gasteiger partial charge in [-0.1, -0.05) is 18.0 Å². The van der Waals surface area contributed by atoms with E-state index in [2.05, 4.69) is 14.8 Å². The maximum absolute atomic E-state index is 12.9. The molecule has 0 unspecified atom stereocenters. The van der Waals surface area contributed by atoms with Crippen LogP contribution in [-0.2, 0) is 0 Å². The van der Waals surface area contributed by atoms with Crippen LogP contribution in [0.2, 0.25) is 5.02 Å². The summed E-state index contributed by atoms with van der Waals surface area (Å²) in [6, 6.07) is 11.8. The van der Waals surface area contributed by atoms with Gasteiger partial charge in [0.2, 0.25) is 0 Å². The zero-order valence-electron chi connectivity index (χ0n) is 17.3. The van der Waals surface area contributed by atoms with Crippen molar-refractivity contribution in [3.05, 3.63) is 53.2 Å². The molecule has 0 spiro atoms. The molecule has 2 saturated heterocycles. The molecule has 0 atom stereocenters. The fraction of sp³-hybridized carbons (Fsp3) is 0.478. The molecule has 1 amide bonds. The molecule has 1 aromatic carbocycles. The molecule has 0 radical (unpaired) electrons. The summed E-state index contributed by atoms with van der Waals surface area (Å²) in [5, 5.41) is 1.74. The second-order valence-electron chi connectivity index (χ2n) is 7.89. The summed E-state index contributed by atoms with van der Waals surface area (Å²) in [7, 11) is 0. The van der Waals surface area contributed by atoms with Crippen LogP contribution >= 0.6 is 23.4 Å². The third-order valence-corrected chi connectivity index (χ3v) is 7.02. The Balaban J connectivity index is 1.24. The van der Waals surface area contributed by atoms with Gasteiger partial charge in [0.1, 0.15) is 0 Å². The van der Waals surface area contributed by atoms with Crippen molar-refractivity contribution < 1.29 is 4.79 Å². The third-order valence-electron chi connectivity index (χ3n) is 5.85. The average Bonchev–Trinajstić information content (AvgIpc) is 2.80. The molecule has 2 aliphatic rings. The number of piperidine rings is 1. The number of piperazine rings is 1. The molecule has 3 heterocycles. The molecule has 2 aliphatic heterocycles. The van der Waals surface area contributed by atoms with E-state index in [1.54, 1.807) is 18.0 Å². The lowest BCUT2D eigenvalue weighted by Crippen LogP contribution is -2.48. The number of hydrogen-bond donors (Lipinski definition) is 0. The molecule has 1 aromatic heterocycles. The van der Waals surface area contributed by atoms with Crippen LogP contribution in [-0.4, -0.2) is 72.3 Å². The highest BCUT2D eigenvalue weighted by molar-refractivity contribution is 7.99. The van der Waals surface area contributed by atoms with E-state index in [1.165, 1.54) is 32.4 Å². The Morgan fingerprint density at radius 3 is 2.33 bits per heavy atom. The molecule has 30 heavy (non-hydrogen) atoms. The van der Waals surface area contributed by atoms with E-state index < -0.39 is 0 Å². The number of halogens is 1. The van der Waals surface area contributed by atoms with E-state index in [1.807, 2.05) is 41.3 Å². The van der Waals surface area contributed by atoms with Crippen LogP contribution < -0.4 is 4.90 Å². The lowest BCUT2D eigenvalue weighted by Gasteiger charge is -2.36. The van der Waals surface area contributed by atoms with Crippen LogP contribution in [0.3, 0.4) is 0 Å². The number of nitrogens with zero attached hydrogens (tertiary/aromatic N) is 4. The number of rotatable bonds is 6. The molecule has 0 aliphatic carbocycles. The number of likely N-dealkylation sites (tertiary alicyclic amines) is 1. The normalized spacial score (nSPS) is 17.9. The summed E-state index contributed by atoms with van der Waals surface area (Å²) in [5.74, 6) is 1.12. The zero-order chi connectivity index (χ0) is 20.8. The van der Waals surface area contributed by atoms with Gasteiger partial charge in [0.15, 0.2) is 0 Å². The van der Waals surface area contributed by atoms with Gasteiger partial charge >= 0.3 is 0 Å². The highest BCUT2D eigenvalue weighted by Crippen LogP contribution is 2.21. The van der Waals surface area contributed by atoms with Crippen molar-refractivity contribution in [3.63, 3.8) is 0 Å². The molecule has 160 valence electrons. The molecule has 7 heteroatoms. The number of pyridine rings is 1. The predicted octanol–water partition coefficient (Wildman–Crippen LogP) is 4.28. The molecular formula is C23H29ClN4OS. The van der Waals surface area contributed by atoms with Crippen molar-refractivity contribution in [2.75, 3.05) is 56.5 Å². The quantitative estimate of drug-likeness (QED) is 0.622. The fourth-order valence-corrected chi connectivity index (χ4v) is 5.03. The average molecular weight is 445 g/mol. The van der Waals surface area contributed by atoms with Crippen LogP contribution in [0.1, 0.15) is 29.6 Å². The van der Waals surface area contributed by atoms with E-state index in [0.717, 1.165) is 41.1 Å². The van der Waals surface area contributed by atoms with Gasteiger partial charge in [-0.05, 0) is 62.3 Å². The molecule has 2 fully saturated rings. The largest absolute Gasteiger partial charge is 0.368 e. The first-order chi connectivity index (χ1) is 14.7. The first-order valence-electron chi connectivity index (χ1n) is 10.8. The number of thioether (sulfide) groups is 1. The molecule has 4 rings (SSSR count). The van der Waals surface area contributed by atoms with Crippen molar-refractivity contribution in [3.8, 4) is 0 Å². The first kappa shape index (κ1) is 21.5. The van der Waals surface area contributed by atoms with E-state index in [4.69, 9.17) is 11.6 Å². The van der Waals surface area contributed by atoms with Crippen molar-refractivity contribution in [1.29, 1.82) is 0 Å². The molecule has 5 nitrogen and oxygen atoms in total. The number of carbonyl (C=O) groups excluding carboxylic acids is 1. The Bertz CT molecular complexity index is 816. The monoisotopic (exact) mass is 444 g/mol. The Kier molecular flexibility index (Phi) is 7.52. The molecule has 0 N–H and O–H groups in total. The van der Waals surface area contributed by atoms with Crippen LogP contribution in [0.15, 0.2) is 47.6 Å². The number of benzene rings is 1. The van der Waals surface area contributed by atoms with Crippen molar-refractivity contribution in [2.24, 2.45) is 0 Å². The van der Waals surface area contributed by atoms with E-state index >= 15 is 0 Å². The van der Waals surface area contributed by atoms with Gasteiger partial charge < -0.3 is 14.7 Å². The van der Waals surface area contributed by atoms with Crippen LogP contribution in [0, 0.1) is 0 Å². The second-order valence-corrected chi connectivity index (χ2v) is 9.44. The number of carbonyl (C=O) groups is 1. The SMILES string of the molecule is O=C(c1ccc(SCCN2CCCCC2)nc1)N1CCN(c2ccc(Cl)cc2)CC1. The molecule has 0 bridgehead atoms. The molecule has 0 saturated carbocycles. The first-order valence-corrected chi connectivity index (χ1v) is 12.2. The van der Waals surface area contributed by atoms with Crippen molar-refractivity contribution in [2.45, 2.75) is 24.3 Å². The lowest BCUT2D eigenvalue weighted by atomic mass is 10.1. The van der Waals surface area contributed by atoms with Crippen LogP contribution in [0.25, 0.3) is 0 Å².